The van der Waals surface area contributed by atoms with E-state index in [1.165, 1.54) is 0 Å². The zero-order valence-corrected chi connectivity index (χ0v) is 10.4. The van der Waals surface area contributed by atoms with E-state index < -0.39 is 0 Å². The van der Waals surface area contributed by atoms with Crippen molar-refractivity contribution in [3.8, 4) is 11.1 Å². The zero-order chi connectivity index (χ0) is 13.4. The average Bonchev–Trinajstić information content (AvgIpc) is 2.73. The van der Waals surface area contributed by atoms with Crippen molar-refractivity contribution in [2.45, 2.75) is 0 Å². The predicted octanol–water partition coefficient (Wildman–Crippen LogP) is 2.65. The van der Waals surface area contributed by atoms with E-state index in [0.29, 0.717) is 11.3 Å². The molecular weight excluding hydrogens is 240 g/mol. The topological polar surface area (TPSA) is 58.2 Å². The highest BCUT2D eigenvalue weighted by Gasteiger charge is 2.26. The van der Waals surface area contributed by atoms with Crippen molar-refractivity contribution < 1.29 is 9.59 Å². The Morgan fingerprint density at radius 3 is 2.37 bits per heavy atom. The lowest BCUT2D eigenvalue weighted by Gasteiger charge is -2.06. The van der Waals surface area contributed by atoms with Crippen LogP contribution in [0.15, 0.2) is 42.5 Å². The molecule has 0 fully saturated rings. The minimum atomic E-state index is -0.303. The molecule has 0 heterocycles. The van der Waals surface area contributed by atoms with Crippen molar-refractivity contribution in [2.75, 3.05) is 12.4 Å². The van der Waals surface area contributed by atoms with Gasteiger partial charge in [0.2, 0.25) is 0 Å². The standard InChI is InChI=1S/C15H12N2O2/c1-16-15(19)17-9-6-7-11-10-4-2-3-5-12(10)14(18)13(11)8-9/h2-8H,1H3,(H2,16,17,19). The van der Waals surface area contributed by atoms with Gasteiger partial charge in [-0.1, -0.05) is 30.3 Å². The van der Waals surface area contributed by atoms with Crippen LogP contribution in [0.5, 0.6) is 0 Å². The van der Waals surface area contributed by atoms with Crippen LogP contribution in [-0.4, -0.2) is 18.9 Å². The molecule has 4 nitrogen and oxygen atoms in total. The summed E-state index contributed by atoms with van der Waals surface area (Å²) in [7, 11) is 1.55. The van der Waals surface area contributed by atoms with Crippen molar-refractivity contribution >= 4 is 17.5 Å². The van der Waals surface area contributed by atoms with Crippen LogP contribution in [0.4, 0.5) is 10.5 Å². The van der Waals surface area contributed by atoms with Gasteiger partial charge in [-0.15, -0.1) is 0 Å². The number of hydrogen-bond donors (Lipinski definition) is 2. The van der Waals surface area contributed by atoms with Gasteiger partial charge in [0.05, 0.1) is 0 Å². The maximum atomic E-state index is 12.3. The van der Waals surface area contributed by atoms with Crippen molar-refractivity contribution in [1.29, 1.82) is 0 Å². The molecule has 4 heteroatoms. The van der Waals surface area contributed by atoms with Gasteiger partial charge < -0.3 is 10.6 Å². The van der Waals surface area contributed by atoms with E-state index in [0.717, 1.165) is 16.7 Å². The van der Waals surface area contributed by atoms with Gasteiger partial charge in [0.15, 0.2) is 5.78 Å². The van der Waals surface area contributed by atoms with Gasteiger partial charge in [-0.2, -0.15) is 0 Å². The molecule has 0 aromatic heterocycles. The number of hydrogen-bond acceptors (Lipinski definition) is 2. The summed E-state index contributed by atoms with van der Waals surface area (Å²) < 4.78 is 0. The lowest BCUT2D eigenvalue weighted by Crippen LogP contribution is -2.24. The average molecular weight is 252 g/mol. The Labute approximate surface area is 110 Å². The number of urea groups is 1. The van der Waals surface area contributed by atoms with Crippen LogP contribution in [0.25, 0.3) is 11.1 Å². The molecule has 0 spiro atoms. The summed E-state index contributed by atoms with van der Waals surface area (Å²) in [6, 6.07) is 12.6. The molecule has 0 bridgehead atoms. The molecule has 1 aliphatic rings. The Morgan fingerprint density at radius 1 is 0.947 bits per heavy atom. The third-order valence-electron chi connectivity index (χ3n) is 3.21. The minimum Gasteiger partial charge on any atom is -0.341 e. The van der Waals surface area contributed by atoms with E-state index >= 15 is 0 Å². The third-order valence-corrected chi connectivity index (χ3v) is 3.21. The largest absolute Gasteiger partial charge is 0.341 e. The molecule has 0 saturated heterocycles. The minimum absolute atomic E-state index is 0.00570. The maximum Gasteiger partial charge on any atom is 0.318 e. The number of rotatable bonds is 1. The van der Waals surface area contributed by atoms with E-state index in [-0.39, 0.29) is 11.8 Å². The SMILES string of the molecule is CNC(=O)Nc1ccc2c(c1)C(=O)c1ccccc1-2. The third kappa shape index (κ3) is 1.78. The lowest BCUT2D eigenvalue weighted by molar-refractivity contribution is 0.104. The molecule has 2 aromatic rings. The van der Waals surface area contributed by atoms with Gasteiger partial charge in [-0.05, 0) is 23.3 Å². The summed E-state index contributed by atoms with van der Waals surface area (Å²) in [6.07, 6.45) is 0. The first-order valence-corrected chi connectivity index (χ1v) is 5.97. The highest BCUT2D eigenvalue weighted by atomic mass is 16.2. The van der Waals surface area contributed by atoms with E-state index in [1.807, 2.05) is 30.3 Å². The fourth-order valence-electron chi connectivity index (χ4n) is 2.30. The number of ketones is 1. The number of carbonyl (C=O) groups excluding carboxylic acids is 2. The van der Waals surface area contributed by atoms with Crippen molar-refractivity contribution in [1.82, 2.24) is 5.32 Å². The molecule has 94 valence electrons. The quantitative estimate of drug-likeness (QED) is 0.699. The number of anilines is 1. The number of nitrogens with one attached hydrogen (secondary N) is 2. The second-order valence-corrected chi connectivity index (χ2v) is 4.34. The van der Waals surface area contributed by atoms with Crippen LogP contribution in [0.2, 0.25) is 0 Å². The fraction of sp³-hybridized carbons (Fsp3) is 0.0667. The highest BCUT2D eigenvalue weighted by Crippen LogP contribution is 2.37. The molecule has 3 rings (SSSR count). The Morgan fingerprint density at radius 2 is 1.63 bits per heavy atom. The zero-order valence-electron chi connectivity index (χ0n) is 10.4. The normalized spacial score (nSPS) is 11.7. The molecular formula is C15H12N2O2. The number of amides is 2. The number of fused-ring (bicyclic) bond motifs is 3. The van der Waals surface area contributed by atoms with Crippen molar-refractivity contribution in [3.63, 3.8) is 0 Å². The molecule has 0 unspecified atom stereocenters. The second kappa shape index (κ2) is 4.24. The van der Waals surface area contributed by atoms with Crippen LogP contribution in [-0.2, 0) is 0 Å². The van der Waals surface area contributed by atoms with E-state index in [1.54, 1.807) is 19.2 Å². The maximum absolute atomic E-state index is 12.3. The Bertz CT molecular complexity index is 692. The Balaban J connectivity index is 2.05. The predicted molar refractivity (Wildman–Crippen MR) is 73.4 cm³/mol. The lowest BCUT2D eigenvalue weighted by atomic mass is 10.1. The Kier molecular flexibility index (Phi) is 2.56. The van der Waals surface area contributed by atoms with Crippen LogP contribution >= 0.6 is 0 Å². The molecule has 0 saturated carbocycles. The summed E-state index contributed by atoms with van der Waals surface area (Å²) in [5.41, 5.74) is 3.83. The molecule has 2 N–H and O–H groups in total. The van der Waals surface area contributed by atoms with E-state index in [2.05, 4.69) is 10.6 Å². The Hall–Kier alpha value is -2.62. The molecule has 0 atom stereocenters. The van der Waals surface area contributed by atoms with Crippen molar-refractivity contribution in [2.24, 2.45) is 0 Å². The van der Waals surface area contributed by atoms with E-state index in [4.69, 9.17) is 0 Å². The van der Waals surface area contributed by atoms with Crippen LogP contribution < -0.4 is 10.6 Å². The van der Waals surface area contributed by atoms with Gasteiger partial charge >= 0.3 is 6.03 Å². The summed E-state index contributed by atoms with van der Waals surface area (Å²) >= 11 is 0. The van der Waals surface area contributed by atoms with Gasteiger partial charge in [-0.3, -0.25) is 4.79 Å². The molecule has 2 amide bonds. The monoisotopic (exact) mass is 252 g/mol. The molecule has 19 heavy (non-hydrogen) atoms. The number of carbonyl (C=O) groups is 2. The summed E-state index contributed by atoms with van der Waals surface area (Å²) in [4.78, 5) is 23.5. The van der Waals surface area contributed by atoms with Gasteiger partial charge in [0.1, 0.15) is 0 Å². The van der Waals surface area contributed by atoms with E-state index in [9.17, 15) is 9.59 Å². The first-order chi connectivity index (χ1) is 9.20. The molecule has 1 aliphatic carbocycles. The second-order valence-electron chi connectivity index (χ2n) is 4.34. The van der Waals surface area contributed by atoms with Gasteiger partial charge in [-0.25, -0.2) is 4.79 Å². The number of benzene rings is 2. The van der Waals surface area contributed by atoms with Crippen LogP contribution in [0.3, 0.4) is 0 Å². The smallest absolute Gasteiger partial charge is 0.318 e. The molecule has 2 aromatic carbocycles. The van der Waals surface area contributed by atoms with Gasteiger partial charge in [0, 0.05) is 23.9 Å². The first kappa shape index (κ1) is 11.5. The molecule has 0 aliphatic heterocycles. The first-order valence-electron chi connectivity index (χ1n) is 5.97. The summed E-state index contributed by atoms with van der Waals surface area (Å²) in [5.74, 6) is 0.00570. The van der Waals surface area contributed by atoms with Crippen LogP contribution in [0.1, 0.15) is 15.9 Å². The van der Waals surface area contributed by atoms with Crippen LogP contribution in [0, 0.1) is 0 Å². The fourth-order valence-corrected chi connectivity index (χ4v) is 2.30. The molecule has 0 radical (unpaired) electrons. The summed E-state index contributed by atoms with van der Waals surface area (Å²) in [6.45, 7) is 0. The summed E-state index contributed by atoms with van der Waals surface area (Å²) in [5, 5.41) is 5.14. The highest BCUT2D eigenvalue weighted by molar-refractivity contribution is 6.22. The van der Waals surface area contributed by atoms with Gasteiger partial charge in [0.25, 0.3) is 0 Å². The van der Waals surface area contributed by atoms with Crippen molar-refractivity contribution in [3.05, 3.63) is 53.6 Å².